The summed E-state index contributed by atoms with van der Waals surface area (Å²) in [6, 6.07) is 2.70. The molecule has 39 heavy (non-hydrogen) atoms. The standard InChI is InChI=1S/C27H32F3N5O4/c1-38-23-10-18(19(28)12-31-23)21-11-22(34-33-21)26(37)35-16-2-3-17(35)9-14(8-16)25(36)32-15-4-6-27(7-5-15)24(30)20(29)13-39-27/h10-12,14-17,20,24H,2-9,13H2,1H3,(H,32,36)(H,33,34)/t14-,15?,16-,17+,20?,24?,27?. The van der Waals surface area contributed by atoms with Crippen molar-refractivity contribution in [3.8, 4) is 17.1 Å². The maximum absolute atomic E-state index is 14.4. The molecule has 3 aliphatic heterocycles. The summed E-state index contributed by atoms with van der Waals surface area (Å²) < 4.78 is 52.9. The molecular weight excluding hydrogens is 515 g/mol. The summed E-state index contributed by atoms with van der Waals surface area (Å²) >= 11 is 0. The van der Waals surface area contributed by atoms with Crippen LogP contribution in [0.1, 0.15) is 61.9 Å². The molecule has 6 rings (SSSR count). The molecule has 1 aliphatic carbocycles. The Labute approximate surface area is 223 Å². The van der Waals surface area contributed by atoms with Crippen molar-refractivity contribution in [2.75, 3.05) is 13.7 Å². The largest absolute Gasteiger partial charge is 0.481 e. The van der Waals surface area contributed by atoms with Crippen molar-refractivity contribution in [2.24, 2.45) is 5.92 Å². The number of piperidine rings is 1. The van der Waals surface area contributed by atoms with Crippen molar-refractivity contribution in [3.63, 3.8) is 0 Å². The predicted molar refractivity (Wildman–Crippen MR) is 133 cm³/mol. The Morgan fingerprint density at radius 2 is 1.87 bits per heavy atom. The zero-order valence-electron chi connectivity index (χ0n) is 21.7. The Balaban J connectivity index is 1.07. The Bertz CT molecular complexity index is 1240. The quantitative estimate of drug-likeness (QED) is 0.593. The number of methoxy groups -OCH3 is 1. The van der Waals surface area contributed by atoms with E-state index in [0.29, 0.717) is 44.2 Å². The highest BCUT2D eigenvalue weighted by Gasteiger charge is 2.53. The number of halogens is 3. The van der Waals surface area contributed by atoms with E-state index in [1.807, 2.05) is 4.90 Å². The third-order valence-electron chi connectivity index (χ3n) is 8.99. The van der Waals surface area contributed by atoms with E-state index >= 15 is 0 Å². The fourth-order valence-corrected chi connectivity index (χ4v) is 6.89. The SMILES string of the molecule is COc1cc(-c2cc(C(=O)N3[C@@H]4CC[C@H]3C[C@H](C(=O)NC3CCC5(CC3)OCC(F)C5F)C4)n[nH]2)c(F)cn1. The maximum atomic E-state index is 14.4. The topological polar surface area (TPSA) is 109 Å². The van der Waals surface area contributed by atoms with E-state index in [-0.39, 0.29) is 59.6 Å². The summed E-state index contributed by atoms with van der Waals surface area (Å²) in [7, 11) is 1.43. The Morgan fingerprint density at radius 3 is 2.51 bits per heavy atom. The van der Waals surface area contributed by atoms with Crippen molar-refractivity contribution < 1.29 is 32.2 Å². The van der Waals surface area contributed by atoms with Gasteiger partial charge >= 0.3 is 0 Å². The lowest BCUT2D eigenvalue weighted by Crippen LogP contribution is -2.52. The second kappa shape index (κ2) is 10.1. The normalized spacial score (nSPS) is 33.9. The van der Waals surface area contributed by atoms with Crippen molar-refractivity contribution in [2.45, 2.75) is 87.4 Å². The van der Waals surface area contributed by atoms with Gasteiger partial charge in [0.05, 0.1) is 25.6 Å². The van der Waals surface area contributed by atoms with E-state index in [0.717, 1.165) is 19.0 Å². The second-order valence-electron chi connectivity index (χ2n) is 11.2. The van der Waals surface area contributed by atoms with Crippen LogP contribution in [0.2, 0.25) is 0 Å². The van der Waals surface area contributed by atoms with E-state index in [1.165, 1.54) is 19.2 Å². The number of nitrogens with one attached hydrogen (secondary N) is 2. The van der Waals surface area contributed by atoms with Crippen LogP contribution >= 0.6 is 0 Å². The number of amides is 2. The van der Waals surface area contributed by atoms with Gasteiger partial charge in [0.15, 0.2) is 23.9 Å². The highest BCUT2D eigenvalue weighted by Crippen LogP contribution is 2.43. The van der Waals surface area contributed by atoms with Gasteiger partial charge in [-0.2, -0.15) is 5.10 Å². The number of carbonyl (C=O) groups excluding carboxylic acids is 2. The number of alkyl halides is 2. The summed E-state index contributed by atoms with van der Waals surface area (Å²) in [5.41, 5.74) is -0.317. The lowest BCUT2D eigenvalue weighted by molar-refractivity contribution is -0.129. The number of fused-ring (bicyclic) bond motifs is 2. The molecule has 2 unspecified atom stereocenters. The highest BCUT2D eigenvalue weighted by atomic mass is 19.2. The molecule has 2 aromatic rings. The minimum absolute atomic E-state index is 0.0448. The summed E-state index contributed by atoms with van der Waals surface area (Å²) in [4.78, 5) is 32.2. The molecule has 5 atom stereocenters. The molecule has 2 bridgehead atoms. The van der Waals surface area contributed by atoms with Crippen LogP contribution in [0.5, 0.6) is 5.88 Å². The van der Waals surface area contributed by atoms with Crippen LogP contribution in [-0.2, 0) is 9.53 Å². The van der Waals surface area contributed by atoms with E-state index in [4.69, 9.17) is 9.47 Å². The first kappa shape index (κ1) is 26.1. The molecule has 4 aliphatic rings. The minimum atomic E-state index is -1.61. The molecule has 12 heteroatoms. The molecule has 2 amide bonds. The Kier molecular flexibility index (Phi) is 6.76. The molecule has 0 aromatic carbocycles. The number of pyridine rings is 1. The number of hydrogen-bond acceptors (Lipinski definition) is 6. The number of carbonyl (C=O) groups is 2. The van der Waals surface area contributed by atoms with Crippen molar-refractivity contribution >= 4 is 11.8 Å². The van der Waals surface area contributed by atoms with Gasteiger partial charge in [-0.15, -0.1) is 0 Å². The minimum Gasteiger partial charge on any atom is -0.481 e. The monoisotopic (exact) mass is 547 g/mol. The van der Waals surface area contributed by atoms with E-state index in [1.54, 1.807) is 0 Å². The molecular formula is C27H32F3N5O4. The maximum Gasteiger partial charge on any atom is 0.274 e. The summed E-state index contributed by atoms with van der Waals surface area (Å²) in [5.74, 6) is -0.831. The van der Waals surface area contributed by atoms with Crippen LogP contribution in [0, 0.1) is 11.7 Å². The molecule has 2 N–H and O–H groups in total. The summed E-state index contributed by atoms with van der Waals surface area (Å²) in [5, 5.41) is 10.0. The molecule has 3 saturated heterocycles. The Morgan fingerprint density at radius 1 is 1.15 bits per heavy atom. The lowest BCUT2D eigenvalue weighted by Gasteiger charge is -2.40. The summed E-state index contributed by atoms with van der Waals surface area (Å²) in [6.45, 7) is -0.201. The summed E-state index contributed by atoms with van der Waals surface area (Å²) in [6.07, 6.45) is 2.46. The van der Waals surface area contributed by atoms with Crippen LogP contribution in [0.3, 0.4) is 0 Å². The van der Waals surface area contributed by atoms with Crippen molar-refractivity contribution in [1.29, 1.82) is 0 Å². The fourth-order valence-electron chi connectivity index (χ4n) is 6.89. The zero-order chi connectivity index (χ0) is 27.3. The number of aromatic nitrogens is 3. The van der Waals surface area contributed by atoms with Gasteiger partial charge < -0.3 is 19.7 Å². The fraction of sp³-hybridized carbons (Fsp3) is 0.630. The van der Waals surface area contributed by atoms with Crippen molar-refractivity contribution in [3.05, 3.63) is 29.8 Å². The third kappa shape index (κ3) is 4.66. The number of aromatic amines is 1. The molecule has 0 radical (unpaired) electrons. The van der Waals surface area contributed by atoms with E-state index < -0.39 is 23.8 Å². The average Bonchev–Trinajstić information content (AvgIpc) is 3.61. The van der Waals surface area contributed by atoms with Crippen LogP contribution in [0.25, 0.3) is 11.3 Å². The van der Waals surface area contributed by atoms with Gasteiger partial charge in [0, 0.05) is 35.7 Å². The molecule has 5 heterocycles. The van der Waals surface area contributed by atoms with Crippen LogP contribution in [0.15, 0.2) is 18.3 Å². The molecule has 210 valence electrons. The van der Waals surface area contributed by atoms with Crippen LogP contribution < -0.4 is 10.1 Å². The average molecular weight is 548 g/mol. The zero-order valence-corrected chi connectivity index (χ0v) is 21.7. The van der Waals surface area contributed by atoms with Gasteiger partial charge in [-0.25, -0.2) is 18.2 Å². The smallest absolute Gasteiger partial charge is 0.274 e. The molecule has 1 saturated carbocycles. The Hall–Kier alpha value is -3.15. The first-order chi connectivity index (χ1) is 18.8. The van der Waals surface area contributed by atoms with Crippen LogP contribution in [-0.4, -0.2) is 81.7 Å². The predicted octanol–water partition coefficient (Wildman–Crippen LogP) is 3.51. The lowest BCUT2D eigenvalue weighted by atomic mass is 9.79. The molecule has 4 fully saturated rings. The molecule has 9 nitrogen and oxygen atoms in total. The number of hydrogen-bond donors (Lipinski definition) is 2. The van der Waals surface area contributed by atoms with E-state index in [9.17, 15) is 22.8 Å². The molecule has 2 aromatic heterocycles. The first-order valence-electron chi connectivity index (χ1n) is 13.6. The van der Waals surface area contributed by atoms with Gasteiger partial charge in [0.1, 0.15) is 5.60 Å². The van der Waals surface area contributed by atoms with Gasteiger partial charge in [0.25, 0.3) is 5.91 Å². The van der Waals surface area contributed by atoms with Gasteiger partial charge in [-0.05, 0) is 57.4 Å². The number of ether oxygens (including phenoxy) is 2. The number of H-pyrrole nitrogens is 1. The van der Waals surface area contributed by atoms with E-state index in [2.05, 4.69) is 20.5 Å². The number of nitrogens with zero attached hydrogens (tertiary/aromatic N) is 3. The van der Waals surface area contributed by atoms with Gasteiger partial charge in [-0.3, -0.25) is 14.7 Å². The highest BCUT2D eigenvalue weighted by molar-refractivity contribution is 5.94. The van der Waals surface area contributed by atoms with Crippen molar-refractivity contribution in [1.82, 2.24) is 25.4 Å². The van der Waals surface area contributed by atoms with Gasteiger partial charge in [0.2, 0.25) is 11.8 Å². The third-order valence-corrected chi connectivity index (χ3v) is 8.99. The first-order valence-corrected chi connectivity index (χ1v) is 13.6. The van der Waals surface area contributed by atoms with Crippen LogP contribution in [0.4, 0.5) is 13.2 Å². The van der Waals surface area contributed by atoms with Gasteiger partial charge in [-0.1, -0.05) is 0 Å². The second-order valence-corrected chi connectivity index (χ2v) is 11.2. The number of rotatable bonds is 5. The molecule has 1 spiro atoms.